The molecule has 5 heteroatoms. The van der Waals surface area contributed by atoms with Gasteiger partial charge in [0, 0.05) is 23.0 Å². The van der Waals surface area contributed by atoms with Crippen LogP contribution in [0.4, 0.5) is 4.79 Å². The molecule has 1 N–H and O–H groups in total. The van der Waals surface area contributed by atoms with Gasteiger partial charge in [0.05, 0.1) is 6.04 Å². The van der Waals surface area contributed by atoms with Gasteiger partial charge >= 0.3 is 6.03 Å². The van der Waals surface area contributed by atoms with Gasteiger partial charge in [0.25, 0.3) is 0 Å². The standard InChI is InChI=1S/C14H17BrN2O2/c1-3-6-17-13(18)16-11-8-14(17,2)19-12-5-4-9(15)7-10(11)12/h4-5,7,11H,3,6,8H2,1-2H3,(H,16,18). The highest BCUT2D eigenvalue weighted by Crippen LogP contribution is 2.44. The number of carbonyl (C=O) groups is 1. The van der Waals surface area contributed by atoms with E-state index in [0.717, 1.165) is 28.6 Å². The maximum atomic E-state index is 12.2. The molecule has 0 radical (unpaired) electrons. The van der Waals surface area contributed by atoms with E-state index in [9.17, 15) is 4.79 Å². The number of nitrogens with zero attached hydrogens (tertiary/aromatic N) is 1. The first-order valence-corrected chi connectivity index (χ1v) is 7.39. The van der Waals surface area contributed by atoms with E-state index in [1.165, 1.54) is 0 Å². The summed E-state index contributed by atoms with van der Waals surface area (Å²) in [5.41, 5.74) is 0.514. The van der Waals surface area contributed by atoms with Crippen molar-refractivity contribution in [1.82, 2.24) is 10.2 Å². The summed E-state index contributed by atoms with van der Waals surface area (Å²) in [6.07, 6.45) is 1.70. The number of carbonyl (C=O) groups excluding carboxylic acids is 1. The lowest BCUT2D eigenvalue weighted by molar-refractivity contribution is -0.0836. The Bertz CT molecular complexity index is 534. The molecule has 3 rings (SSSR count). The zero-order chi connectivity index (χ0) is 13.6. The lowest BCUT2D eigenvalue weighted by Gasteiger charge is -2.50. The van der Waals surface area contributed by atoms with Crippen molar-refractivity contribution >= 4 is 22.0 Å². The Balaban J connectivity index is 2.03. The smallest absolute Gasteiger partial charge is 0.320 e. The van der Waals surface area contributed by atoms with Crippen LogP contribution in [0, 0.1) is 0 Å². The molecular weight excluding hydrogens is 308 g/mol. The molecule has 0 aliphatic carbocycles. The second-order valence-electron chi connectivity index (χ2n) is 5.32. The number of fused-ring (bicyclic) bond motifs is 4. The van der Waals surface area contributed by atoms with Gasteiger partial charge in [0.2, 0.25) is 0 Å². The van der Waals surface area contributed by atoms with E-state index < -0.39 is 5.72 Å². The fourth-order valence-corrected chi connectivity index (χ4v) is 3.33. The minimum absolute atomic E-state index is 0.0341. The zero-order valence-corrected chi connectivity index (χ0v) is 12.7. The molecule has 0 spiro atoms. The van der Waals surface area contributed by atoms with Crippen LogP contribution < -0.4 is 10.1 Å². The number of benzene rings is 1. The summed E-state index contributed by atoms with van der Waals surface area (Å²) < 4.78 is 7.13. The predicted molar refractivity (Wildman–Crippen MR) is 76.1 cm³/mol. The van der Waals surface area contributed by atoms with Gasteiger partial charge < -0.3 is 10.1 Å². The quantitative estimate of drug-likeness (QED) is 0.905. The van der Waals surface area contributed by atoms with Crippen molar-refractivity contribution < 1.29 is 9.53 Å². The van der Waals surface area contributed by atoms with Crippen LogP contribution >= 0.6 is 15.9 Å². The molecule has 1 saturated heterocycles. The van der Waals surface area contributed by atoms with Crippen molar-refractivity contribution in [2.45, 2.75) is 38.5 Å². The molecule has 2 heterocycles. The number of nitrogens with one attached hydrogen (secondary N) is 1. The summed E-state index contributed by atoms with van der Waals surface area (Å²) in [7, 11) is 0. The SMILES string of the molecule is CCCN1C(=O)NC2CC1(C)Oc1ccc(Br)cc12. The third kappa shape index (κ3) is 2.00. The molecule has 1 aromatic rings. The highest BCUT2D eigenvalue weighted by atomic mass is 79.9. The maximum Gasteiger partial charge on any atom is 0.320 e. The highest BCUT2D eigenvalue weighted by molar-refractivity contribution is 9.10. The van der Waals surface area contributed by atoms with E-state index in [2.05, 4.69) is 28.2 Å². The number of halogens is 1. The van der Waals surface area contributed by atoms with Crippen LogP contribution in [0.15, 0.2) is 22.7 Å². The Morgan fingerprint density at radius 2 is 2.37 bits per heavy atom. The first-order chi connectivity index (χ1) is 9.03. The molecule has 2 atom stereocenters. The van der Waals surface area contributed by atoms with Crippen molar-refractivity contribution in [3.05, 3.63) is 28.2 Å². The largest absolute Gasteiger partial charge is 0.468 e. The normalized spacial score (nSPS) is 28.5. The third-order valence-corrected chi connectivity index (χ3v) is 4.31. The molecule has 2 bridgehead atoms. The third-order valence-electron chi connectivity index (χ3n) is 3.82. The lowest BCUT2D eigenvalue weighted by Crippen LogP contribution is -2.64. The van der Waals surface area contributed by atoms with Gasteiger partial charge in [-0.1, -0.05) is 22.9 Å². The summed E-state index contributed by atoms with van der Waals surface area (Å²) in [5.74, 6) is 0.864. The number of hydrogen-bond donors (Lipinski definition) is 1. The van der Waals surface area contributed by atoms with Crippen LogP contribution in [0.1, 0.15) is 38.3 Å². The topological polar surface area (TPSA) is 41.6 Å². The Hall–Kier alpha value is -1.23. The van der Waals surface area contributed by atoms with E-state index in [1.54, 1.807) is 4.90 Å². The molecule has 2 unspecified atom stereocenters. The van der Waals surface area contributed by atoms with Crippen LogP contribution in [0.25, 0.3) is 0 Å². The first kappa shape index (κ1) is 12.8. The van der Waals surface area contributed by atoms with E-state index in [0.29, 0.717) is 6.54 Å². The fourth-order valence-electron chi connectivity index (χ4n) is 2.95. The molecule has 19 heavy (non-hydrogen) atoms. The van der Waals surface area contributed by atoms with Crippen molar-refractivity contribution in [1.29, 1.82) is 0 Å². The average molecular weight is 325 g/mol. The van der Waals surface area contributed by atoms with Gasteiger partial charge in [-0.15, -0.1) is 0 Å². The van der Waals surface area contributed by atoms with Crippen LogP contribution in [0.3, 0.4) is 0 Å². The second kappa shape index (κ2) is 4.40. The minimum Gasteiger partial charge on any atom is -0.468 e. The van der Waals surface area contributed by atoms with E-state index in [4.69, 9.17) is 4.74 Å². The summed E-state index contributed by atoms with van der Waals surface area (Å²) >= 11 is 3.47. The van der Waals surface area contributed by atoms with E-state index in [-0.39, 0.29) is 12.1 Å². The van der Waals surface area contributed by atoms with Crippen molar-refractivity contribution in [3.63, 3.8) is 0 Å². The number of urea groups is 1. The second-order valence-corrected chi connectivity index (χ2v) is 6.23. The number of hydrogen-bond acceptors (Lipinski definition) is 2. The molecule has 2 amide bonds. The van der Waals surface area contributed by atoms with Gasteiger partial charge in [-0.05, 0) is 31.5 Å². The number of amides is 2. The van der Waals surface area contributed by atoms with Crippen molar-refractivity contribution in [3.8, 4) is 5.75 Å². The summed E-state index contributed by atoms with van der Waals surface area (Å²) in [6, 6.07) is 5.95. The maximum absolute atomic E-state index is 12.2. The predicted octanol–water partition coefficient (Wildman–Crippen LogP) is 3.42. The highest BCUT2D eigenvalue weighted by Gasteiger charge is 2.48. The Labute approximate surface area is 121 Å². The number of ether oxygens (including phenoxy) is 1. The lowest BCUT2D eigenvalue weighted by atomic mass is 9.90. The van der Waals surface area contributed by atoms with E-state index >= 15 is 0 Å². The summed E-state index contributed by atoms with van der Waals surface area (Å²) in [6.45, 7) is 4.77. The summed E-state index contributed by atoms with van der Waals surface area (Å²) in [5, 5.41) is 3.08. The van der Waals surface area contributed by atoms with Crippen LogP contribution in [-0.2, 0) is 0 Å². The van der Waals surface area contributed by atoms with Crippen LogP contribution in [0.2, 0.25) is 0 Å². The van der Waals surface area contributed by atoms with Crippen LogP contribution in [0.5, 0.6) is 5.75 Å². The molecule has 4 nitrogen and oxygen atoms in total. The Morgan fingerprint density at radius 3 is 3.11 bits per heavy atom. The van der Waals surface area contributed by atoms with Crippen LogP contribution in [-0.4, -0.2) is 23.2 Å². The van der Waals surface area contributed by atoms with Crippen molar-refractivity contribution in [2.24, 2.45) is 0 Å². The van der Waals surface area contributed by atoms with Gasteiger partial charge in [-0.25, -0.2) is 4.79 Å². The van der Waals surface area contributed by atoms with E-state index in [1.807, 2.05) is 25.1 Å². The molecule has 2 aliphatic heterocycles. The average Bonchev–Trinajstić information content (AvgIpc) is 2.35. The molecule has 2 aliphatic rings. The number of rotatable bonds is 2. The fraction of sp³-hybridized carbons (Fsp3) is 0.500. The Kier molecular flexibility index (Phi) is 2.96. The minimum atomic E-state index is -0.538. The molecule has 0 saturated carbocycles. The zero-order valence-electron chi connectivity index (χ0n) is 11.1. The van der Waals surface area contributed by atoms with Gasteiger partial charge in [-0.2, -0.15) is 0 Å². The first-order valence-electron chi connectivity index (χ1n) is 6.60. The molecule has 1 aromatic carbocycles. The molecule has 102 valence electrons. The van der Waals surface area contributed by atoms with Crippen molar-refractivity contribution in [2.75, 3.05) is 6.54 Å². The Morgan fingerprint density at radius 1 is 1.58 bits per heavy atom. The molecule has 1 fully saturated rings. The summed E-state index contributed by atoms with van der Waals surface area (Å²) in [4.78, 5) is 14.0. The van der Waals surface area contributed by atoms with Gasteiger partial charge in [0.1, 0.15) is 5.75 Å². The molecular formula is C14H17BrN2O2. The monoisotopic (exact) mass is 324 g/mol. The van der Waals surface area contributed by atoms with Gasteiger partial charge in [-0.3, -0.25) is 4.90 Å². The van der Waals surface area contributed by atoms with Gasteiger partial charge in [0.15, 0.2) is 5.72 Å². The molecule has 0 aromatic heterocycles.